The Kier molecular flexibility index (Phi) is 4.54. The van der Waals surface area contributed by atoms with E-state index in [1.165, 1.54) is 10.8 Å². The average molecular weight is 285 g/mol. The van der Waals surface area contributed by atoms with Crippen LogP contribution in [0.4, 0.5) is 0 Å². The first-order valence-electron chi connectivity index (χ1n) is 7.69. The summed E-state index contributed by atoms with van der Waals surface area (Å²) < 4.78 is 5.40. The van der Waals surface area contributed by atoms with Crippen LogP contribution in [0.1, 0.15) is 24.5 Å². The molecule has 2 aromatic rings. The Hall–Kier alpha value is -1.42. The van der Waals surface area contributed by atoms with Gasteiger partial charge in [0.1, 0.15) is 0 Å². The minimum Gasteiger partial charge on any atom is -0.387 e. The summed E-state index contributed by atoms with van der Waals surface area (Å²) in [6.45, 7) is 2.34. The van der Waals surface area contributed by atoms with E-state index in [1.54, 1.807) is 0 Å². The number of aliphatic hydroxyl groups excluding tert-OH is 1. The van der Waals surface area contributed by atoms with Crippen molar-refractivity contribution < 1.29 is 9.84 Å². The fourth-order valence-electron chi connectivity index (χ4n) is 3.07. The van der Waals surface area contributed by atoms with Crippen molar-refractivity contribution in [2.75, 3.05) is 26.8 Å². The molecule has 21 heavy (non-hydrogen) atoms. The van der Waals surface area contributed by atoms with E-state index in [9.17, 15) is 5.11 Å². The zero-order chi connectivity index (χ0) is 14.7. The van der Waals surface area contributed by atoms with Crippen LogP contribution in [0.3, 0.4) is 0 Å². The van der Waals surface area contributed by atoms with Crippen molar-refractivity contribution in [1.29, 1.82) is 0 Å². The molecule has 1 saturated heterocycles. The molecule has 3 rings (SSSR count). The summed E-state index contributed by atoms with van der Waals surface area (Å²) in [5.41, 5.74) is 0.993. The highest BCUT2D eigenvalue weighted by Crippen LogP contribution is 2.22. The highest BCUT2D eigenvalue weighted by Gasteiger charge is 2.21. The van der Waals surface area contributed by atoms with Crippen LogP contribution >= 0.6 is 0 Å². The molecular weight excluding hydrogens is 262 g/mol. The van der Waals surface area contributed by atoms with Crippen LogP contribution in [-0.2, 0) is 4.74 Å². The summed E-state index contributed by atoms with van der Waals surface area (Å²) in [7, 11) is 2.10. The third-order valence-corrected chi connectivity index (χ3v) is 4.43. The molecule has 1 fully saturated rings. The molecular formula is C18H23NO2. The molecule has 0 radical (unpaired) electrons. The molecule has 112 valence electrons. The van der Waals surface area contributed by atoms with Gasteiger partial charge in [-0.3, -0.25) is 0 Å². The van der Waals surface area contributed by atoms with Gasteiger partial charge in [0.15, 0.2) is 0 Å². The Bertz CT molecular complexity index is 593. The molecule has 3 nitrogen and oxygen atoms in total. The second kappa shape index (κ2) is 6.56. The van der Waals surface area contributed by atoms with Crippen molar-refractivity contribution in [2.24, 2.45) is 0 Å². The largest absolute Gasteiger partial charge is 0.387 e. The van der Waals surface area contributed by atoms with Crippen LogP contribution < -0.4 is 0 Å². The second-order valence-corrected chi connectivity index (χ2v) is 5.91. The highest BCUT2D eigenvalue weighted by atomic mass is 16.5. The number of hydrogen-bond donors (Lipinski definition) is 1. The summed E-state index contributed by atoms with van der Waals surface area (Å²) >= 11 is 0. The highest BCUT2D eigenvalue weighted by molar-refractivity contribution is 5.83. The Morgan fingerprint density at radius 2 is 1.86 bits per heavy atom. The first kappa shape index (κ1) is 14.5. The van der Waals surface area contributed by atoms with Gasteiger partial charge in [-0.05, 0) is 42.3 Å². The summed E-state index contributed by atoms with van der Waals surface area (Å²) in [5.74, 6) is 0. The van der Waals surface area contributed by atoms with Crippen LogP contribution in [-0.4, -0.2) is 42.9 Å². The number of ether oxygens (including phenoxy) is 1. The van der Waals surface area contributed by atoms with Crippen LogP contribution in [0, 0.1) is 0 Å². The molecule has 0 saturated carbocycles. The van der Waals surface area contributed by atoms with Gasteiger partial charge < -0.3 is 14.7 Å². The van der Waals surface area contributed by atoms with Crippen molar-refractivity contribution in [3.05, 3.63) is 48.0 Å². The van der Waals surface area contributed by atoms with Gasteiger partial charge in [0.25, 0.3) is 0 Å². The molecule has 1 atom stereocenters. The molecule has 0 amide bonds. The minimum absolute atomic E-state index is 0.442. The van der Waals surface area contributed by atoms with E-state index >= 15 is 0 Å². The van der Waals surface area contributed by atoms with Gasteiger partial charge in [-0.1, -0.05) is 36.4 Å². The van der Waals surface area contributed by atoms with Gasteiger partial charge in [0, 0.05) is 25.8 Å². The molecule has 2 aromatic carbocycles. The predicted octanol–water partition coefficient (Wildman–Crippen LogP) is 2.98. The lowest BCUT2D eigenvalue weighted by molar-refractivity contribution is 0.0253. The maximum absolute atomic E-state index is 10.5. The van der Waals surface area contributed by atoms with Gasteiger partial charge in [0.05, 0.1) is 6.10 Å². The van der Waals surface area contributed by atoms with Crippen molar-refractivity contribution in [1.82, 2.24) is 4.90 Å². The third-order valence-electron chi connectivity index (χ3n) is 4.43. The van der Waals surface area contributed by atoms with E-state index in [1.807, 2.05) is 18.2 Å². The zero-order valence-electron chi connectivity index (χ0n) is 12.5. The van der Waals surface area contributed by atoms with E-state index in [0.717, 1.165) is 31.6 Å². The molecule has 0 aliphatic carbocycles. The van der Waals surface area contributed by atoms with Crippen LogP contribution in [0.25, 0.3) is 10.8 Å². The number of hydrogen-bond acceptors (Lipinski definition) is 3. The molecule has 1 N–H and O–H groups in total. The van der Waals surface area contributed by atoms with Crippen molar-refractivity contribution in [2.45, 2.75) is 25.0 Å². The van der Waals surface area contributed by atoms with Crippen LogP contribution in [0.5, 0.6) is 0 Å². The number of likely N-dealkylation sites (N-methyl/N-ethyl adjacent to an activating group) is 1. The Labute approximate surface area is 126 Å². The predicted molar refractivity (Wildman–Crippen MR) is 85.4 cm³/mol. The Balaban J connectivity index is 1.69. The second-order valence-electron chi connectivity index (χ2n) is 5.91. The Morgan fingerprint density at radius 1 is 1.14 bits per heavy atom. The van der Waals surface area contributed by atoms with Crippen molar-refractivity contribution in [3.8, 4) is 0 Å². The number of fused-ring (bicyclic) bond motifs is 1. The fraction of sp³-hybridized carbons (Fsp3) is 0.444. The number of nitrogens with zero attached hydrogens (tertiary/aromatic N) is 1. The summed E-state index contributed by atoms with van der Waals surface area (Å²) in [5, 5.41) is 12.9. The quantitative estimate of drug-likeness (QED) is 0.937. The SMILES string of the molecule is CN(CC(O)c1ccc2ccccc2c1)C1CCOCC1. The first-order chi connectivity index (χ1) is 10.2. The number of aliphatic hydroxyl groups is 1. The fourth-order valence-corrected chi connectivity index (χ4v) is 3.07. The maximum Gasteiger partial charge on any atom is 0.0917 e. The van der Waals surface area contributed by atoms with Gasteiger partial charge in [-0.2, -0.15) is 0 Å². The first-order valence-corrected chi connectivity index (χ1v) is 7.69. The summed E-state index contributed by atoms with van der Waals surface area (Å²) in [6.07, 6.45) is 1.67. The smallest absolute Gasteiger partial charge is 0.0917 e. The molecule has 0 spiro atoms. The minimum atomic E-state index is -0.442. The van der Waals surface area contributed by atoms with Crippen molar-refractivity contribution >= 4 is 10.8 Å². The number of benzene rings is 2. The average Bonchev–Trinajstić information content (AvgIpc) is 2.55. The van der Waals surface area contributed by atoms with Crippen molar-refractivity contribution in [3.63, 3.8) is 0 Å². The summed E-state index contributed by atoms with van der Waals surface area (Å²) in [6, 6.07) is 15.0. The normalized spacial score (nSPS) is 18.2. The lowest BCUT2D eigenvalue weighted by Crippen LogP contribution is -2.38. The monoisotopic (exact) mass is 285 g/mol. The van der Waals surface area contributed by atoms with Crippen LogP contribution in [0.15, 0.2) is 42.5 Å². The van der Waals surface area contributed by atoms with E-state index < -0.39 is 6.10 Å². The maximum atomic E-state index is 10.5. The lowest BCUT2D eigenvalue weighted by atomic mass is 10.0. The molecule has 1 aliphatic heterocycles. The molecule has 1 heterocycles. The van der Waals surface area contributed by atoms with E-state index in [2.05, 4.69) is 36.2 Å². The van der Waals surface area contributed by atoms with E-state index in [4.69, 9.17) is 4.74 Å². The molecule has 0 bridgehead atoms. The van der Waals surface area contributed by atoms with E-state index in [-0.39, 0.29) is 0 Å². The van der Waals surface area contributed by atoms with Gasteiger partial charge in [0.2, 0.25) is 0 Å². The van der Waals surface area contributed by atoms with Crippen LogP contribution in [0.2, 0.25) is 0 Å². The molecule has 3 heteroatoms. The third kappa shape index (κ3) is 3.43. The van der Waals surface area contributed by atoms with Gasteiger partial charge in [-0.15, -0.1) is 0 Å². The van der Waals surface area contributed by atoms with E-state index in [0.29, 0.717) is 12.6 Å². The standard InChI is InChI=1S/C18H23NO2/c1-19(17-8-10-21-11-9-17)13-18(20)16-7-6-14-4-2-3-5-15(14)12-16/h2-7,12,17-18,20H,8-11,13H2,1H3. The van der Waals surface area contributed by atoms with Gasteiger partial charge in [-0.25, -0.2) is 0 Å². The molecule has 1 unspecified atom stereocenters. The number of rotatable bonds is 4. The zero-order valence-corrected chi connectivity index (χ0v) is 12.5. The Morgan fingerprint density at radius 3 is 2.62 bits per heavy atom. The van der Waals surface area contributed by atoms with Gasteiger partial charge >= 0.3 is 0 Å². The lowest BCUT2D eigenvalue weighted by Gasteiger charge is -2.32. The summed E-state index contributed by atoms with van der Waals surface area (Å²) in [4.78, 5) is 2.27. The molecule has 0 aromatic heterocycles. The topological polar surface area (TPSA) is 32.7 Å². The molecule has 1 aliphatic rings.